The number of fused-ring (bicyclic) bond motifs is 1. The van der Waals surface area contributed by atoms with Gasteiger partial charge in [-0.3, -0.25) is 4.79 Å². The zero-order valence-corrected chi connectivity index (χ0v) is 14.4. The Morgan fingerprint density at radius 3 is 2.36 bits per heavy atom. The lowest BCUT2D eigenvalue weighted by molar-refractivity contribution is 0.590. The molecule has 1 N–H and O–H groups in total. The molecule has 0 saturated carbocycles. The van der Waals surface area contributed by atoms with Crippen molar-refractivity contribution in [2.45, 2.75) is 26.2 Å². The normalized spacial score (nSPS) is 11.8. The number of H-pyrrole nitrogens is 1. The predicted molar refractivity (Wildman–Crippen MR) is 94.2 cm³/mol. The summed E-state index contributed by atoms with van der Waals surface area (Å²) in [5, 5.41) is 0.587. The first-order valence-electron chi connectivity index (χ1n) is 7.16. The van der Waals surface area contributed by atoms with Crippen molar-refractivity contribution in [3.05, 3.63) is 62.9 Å². The molecule has 0 radical (unpaired) electrons. The van der Waals surface area contributed by atoms with Gasteiger partial charge >= 0.3 is 0 Å². The second-order valence-electron chi connectivity index (χ2n) is 6.38. The fourth-order valence-electron chi connectivity index (χ4n) is 2.39. The summed E-state index contributed by atoms with van der Waals surface area (Å²) in [4.78, 5) is 19.7. The highest BCUT2D eigenvalue weighted by molar-refractivity contribution is 9.10. The first-order valence-corrected chi connectivity index (χ1v) is 7.95. The minimum absolute atomic E-state index is 0.103. The van der Waals surface area contributed by atoms with E-state index in [2.05, 4.69) is 58.8 Å². The molecule has 0 aliphatic heterocycles. The molecule has 0 fully saturated rings. The highest BCUT2D eigenvalue weighted by Gasteiger charge is 2.14. The third kappa shape index (κ3) is 2.71. The van der Waals surface area contributed by atoms with Gasteiger partial charge in [0, 0.05) is 10.0 Å². The summed E-state index contributed by atoms with van der Waals surface area (Å²) in [5.74, 6) is 0.588. The molecule has 2 aromatic carbocycles. The molecule has 112 valence electrons. The summed E-state index contributed by atoms with van der Waals surface area (Å²) in [6, 6.07) is 13.7. The lowest BCUT2D eigenvalue weighted by atomic mass is 9.87. The summed E-state index contributed by atoms with van der Waals surface area (Å²) in [7, 11) is 0. The quantitative estimate of drug-likeness (QED) is 0.689. The molecule has 0 aliphatic carbocycles. The Morgan fingerprint density at radius 1 is 1.05 bits per heavy atom. The van der Waals surface area contributed by atoms with Gasteiger partial charge in [0.2, 0.25) is 0 Å². The van der Waals surface area contributed by atoms with Crippen molar-refractivity contribution in [2.75, 3.05) is 0 Å². The molecule has 0 amide bonds. The summed E-state index contributed by atoms with van der Waals surface area (Å²) >= 11 is 3.46. The minimum Gasteiger partial charge on any atom is -0.306 e. The van der Waals surface area contributed by atoms with E-state index >= 15 is 0 Å². The maximum absolute atomic E-state index is 12.2. The average molecular weight is 357 g/mol. The van der Waals surface area contributed by atoms with Gasteiger partial charge in [0.1, 0.15) is 5.82 Å². The Bertz CT molecular complexity index is 890. The number of para-hydroxylation sites is 1. The molecule has 4 heteroatoms. The van der Waals surface area contributed by atoms with Crippen LogP contribution in [0.2, 0.25) is 0 Å². The second-order valence-corrected chi connectivity index (χ2v) is 7.23. The van der Waals surface area contributed by atoms with Gasteiger partial charge in [0.25, 0.3) is 5.56 Å². The summed E-state index contributed by atoms with van der Waals surface area (Å²) < 4.78 is 0.823. The summed E-state index contributed by atoms with van der Waals surface area (Å²) in [5.41, 5.74) is 2.82. The Hall–Kier alpha value is -1.94. The number of halogens is 1. The van der Waals surface area contributed by atoms with E-state index in [1.54, 1.807) is 6.07 Å². The lowest BCUT2D eigenvalue weighted by Crippen LogP contribution is -2.11. The fraction of sp³-hybridized carbons (Fsp3) is 0.222. The smallest absolute Gasteiger partial charge is 0.259 e. The molecule has 0 atom stereocenters. The van der Waals surface area contributed by atoms with Crippen LogP contribution in [-0.2, 0) is 5.41 Å². The van der Waals surface area contributed by atoms with Crippen LogP contribution in [0.1, 0.15) is 26.3 Å². The maximum atomic E-state index is 12.2. The number of nitrogens with one attached hydrogen (secondary N) is 1. The molecule has 0 spiro atoms. The Balaban J connectivity index is 2.15. The average Bonchev–Trinajstić information content (AvgIpc) is 2.47. The molecular weight excluding hydrogens is 340 g/mol. The van der Waals surface area contributed by atoms with E-state index in [-0.39, 0.29) is 11.0 Å². The topological polar surface area (TPSA) is 45.8 Å². The number of aromatic nitrogens is 2. The van der Waals surface area contributed by atoms with Crippen molar-refractivity contribution in [3.8, 4) is 11.4 Å². The highest BCUT2D eigenvalue weighted by atomic mass is 79.9. The van der Waals surface area contributed by atoms with E-state index in [0.29, 0.717) is 16.7 Å². The van der Waals surface area contributed by atoms with E-state index in [0.717, 1.165) is 10.0 Å². The first-order chi connectivity index (χ1) is 10.4. The molecule has 1 aromatic heterocycles. The van der Waals surface area contributed by atoms with Crippen LogP contribution in [0, 0.1) is 0 Å². The van der Waals surface area contributed by atoms with Gasteiger partial charge in [0.05, 0.1) is 10.9 Å². The van der Waals surface area contributed by atoms with Crippen LogP contribution in [0.4, 0.5) is 0 Å². The summed E-state index contributed by atoms with van der Waals surface area (Å²) in [6.07, 6.45) is 0. The number of aromatic amines is 1. The fourth-order valence-corrected chi connectivity index (χ4v) is 2.85. The molecule has 0 bridgehead atoms. The third-order valence-electron chi connectivity index (χ3n) is 3.71. The van der Waals surface area contributed by atoms with Gasteiger partial charge in [-0.25, -0.2) is 4.98 Å². The maximum Gasteiger partial charge on any atom is 0.259 e. The third-order valence-corrected chi connectivity index (χ3v) is 4.35. The molecule has 0 aliphatic rings. The van der Waals surface area contributed by atoms with E-state index in [1.165, 1.54) is 5.56 Å². The number of benzene rings is 2. The van der Waals surface area contributed by atoms with E-state index in [1.807, 2.05) is 24.3 Å². The number of hydrogen-bond donors (Lipinski definition) is 1. The van der Waals surface area contributed by atoms with Gasteiger partial charge in [0.15, 0.2) is 0 Å². The molecule has 22 heavy (non-hydrogen) atoms. The molecule has 1 heterocycles. The zero-order chi connectivity index (χ0) is 15.9. The van der Waals surface area contributed by atoms with Gasteiger partial charge in [-0.15, -0.1) is 0 Å². The van der Waals surface area contributed by atoms with Crippen molar-refractivity contribution in [3.63, 3.8) is 0 Å². The molecule has 3 aromatic rings. The Labute approximate surface area is 137 Å². The SMILES string of the molecule is CC(C)(C)c1ccc(-c2nc3c(Br)cccc3c(=O)[nH]2)cc1. The monoisotopic (exact) mass is 356 g/mol. The molecule has 0 unspecified atom stereocenters. The number of hydrogen-bond acceptors (Lipinski definition) is 2. The number of nitrogens with zero attached hydrogens (tertiary/aromatic N) is 1. The van der Waals surface area contributed by atoms with Crippen LogP contribution < -0.4 is 5.56 Å². The lowest BCUT2D eigenvalue weighted by Gasteiger charge is -2.19. The van der Waals surface area contributed by atoms with Crippen LogP contribution in [-0.4, -0.2) is 9.97 Å². The van der Waals surface area contributed by atoms with Crippen LogP contribution in [0.5, 0.6) is 0 Å². The first kappa shape index (κ1) is 15.0. The minimum atomic E-state index is -0.124. The second kappa shape index (κ2) is 5.36. The van der Waals surface area contributed by atoms with Crippen molar-refractivity contribution in [2.24, 2.45) is 0 Å². The predicted octanol–water partition coefficient (Wildman–Crippen LogP) is 4.65. The zero-order valence-electron chi connectivity index (χ0n) is 12.8. The molecule has 3 rings (SSSR count). The Morgan fingerprint density at radius 2 is 1.73 bits per heavy atom. The van der Waals surface area contributed by atoms with Gasteiger partial charge < -0.3 is 4.98 Å². The Kier molecular flexibility index (Phi) is 3.65. The van der Waals surface area contributed by atoms with Crippen molar-refractivity contribution in [1.29, 1.82) is 0 Å². The van der Waals surface area contributed by atoms with Crippen LogP contribution in [0.15, 0.2) is 51.7 Å². The van der Waals surface area contributed by atoms with Crippen molar-refractivity contribution in [1.82, 2.24) is 9.97 Å². The van der Waals surface area contributed by atoms with E-state index in [4.69, 9.17) is 0 Å². The largest absolute Gasteiger partial charge is 0.306 e. The van der Waals surface area contributed by atoms with Gasteiger partial charge in [-0.05, 0) is 39.0 Å². The molecule has 3 nitrogen and oxygen atoms in total. The van der Waals surface area contributed by atoms with Crippen LogP contribution in [0.25, 0.3) is 22.3 Å². The van der Waals surface area contributed by atoms with Crippen LogP contribution in [0.3, 0.4) is 0 Å². The van der Waals surface area contributed by atoms with Crippen LogP contribution >= 0.6 is 15.9 Å². The highest BCUT2D eigenvalue weighted by Crippen LogP contribution is 2.26. The van der Waals surface area contributed by atoms with E-state index in [9.17, 15) is 4.79 Å². The van der Waals surface area contributed by atoms with Crippen molar-refractivity contribution < 1.29 is 0 Å². The van der Waals surface area contributed by atoms with E-state index < -0.39 is 0 Å². The van der Waals surface area contributed by atoms with Crippen molar-refractivity contribution >= 4 is 26.8 Å². The molecule has 0 saturated heterocycles. The summed E-state index contributed by atoms with van der Waals surface area (Å²) in [6.45, 7) is 6.53. The standard InChI is InChI=1S/C18H17BrN2O/c1-18(2,3)12-9-7-11(8-10-12)16-20-15-13(17(22)21-16)5-4-6-14(15)19/h4-10H,1-3H3,(H,20,21,22). The van der Waals surface area contributed by atoms with Gasteiger partial charge in [-0.1, -0.05) is 51.1 Å². The number of rotatable bonds is 1. The molecular formula is C18H17BrN2O. The van der Waals surface area contributed by atoms with Gasteiger partial charge in [-0.2, -0.15) is 0 Å².